The maximum absolute atomic E-state index is 9.13. The quantitative estimate of drug-likeness (QED) is 0.467. The second-order valence-electron chi connectivity index (χ2n) is 10.1. The van der Waals surface area contributed by atoms with Gasteiger partial charge < -0.3 is 16.0 Å². The summed E-state index contributed by atoms with van der Waals surface area (Å²) in [4.78, 5) is 9.48. The number of H-pyrrole nitrogens is 1. The van der Waals surface area contributed by atoms with Crippen LogP contribution >= 0.6 is 0 Å². The molecule has 6 rings (SSSR count). The van der Waals surface area contributed by atoms with E-state index in [0.29, 0.717) is 24.0 Å². The fraction of sp³-hybridized carbons (Fsp3) is 0.520. The van der Waals surface area contributed by atoms with Crippen molar-refractivity contribution >= 4 is 28.4 Å². The lowest BCUT2D eigenvalue weighted by Gasteiger charge is -2.48. The average molecular weight is 443 g/mol. The van der Waals surface area contributed by atoms with Gasteiger partial charge in [0.15, 0.2) is 5.82 Å². The third kappa shape index (κ3) is 4.13. The van der Waals surface area contributed by atoms with Gasteiger partial charge in [-0.25, -0.2) is 4.98 Å². The number of aryl methyl sites for hydroxylation is 1. The summed E-state index contributed by atoms with van der Waals surface area (Å²) in [7, 11) is 0. The van der Waals surface area contributed by atoms with Crippen LogP contribution in [0.1, 0.15) is 44.2 Å². The Morgan fingerprint density at radius 3 is 2.55 bits per heavy atom. The van der Waals surface area contributed by atoms with Crippen LogP contribution in [-0.4, -0.2) is 38.3 Å². The van der Waals surface area contributed by atoms with Crippen LogP contribution in [0.3, 0.4) is 0 Å². The molecular weight excluding hydrogens is 412 g/mol. The highest BCUT2D eigenvalue weighted by Gasteiger charge is 2.42. The van der Waals surface area contributed by atoms with Gasteiger partial charge in [-0.05, 0) is 69.4 Å². The molecule has 4 N–H and O–H groups in total. The molecule has 2 saturated heterocycles. The molecule has 2 aliphatic heterocycles. The summed E-state index contributed by atoms with van der Waals surface area (Å²) in [5.41, 5.74) is 1.91. The summed E-state index contributed by atoms with van der Waals surface area (Å²) in [5, 5.41) is 28.3. The van der Waals surface area contributed by atoms with Crippen LogP contribution in [0.15, 0.2) is 30.5 Å². The Balaban J connectivity index is 1.18. The van der Waals surface area contributed by atoms with Crippen LogP contribution in [0, 0.1) is 36.0 Å². The van der Waals surface area contributed by atoms with Gasteiger partial charge in [-0.2, -0.15) is 10.4 Å². The molecule has 3 aliphatic rings. The van der Waals surface area contributed by atoms with Gasteiger partial charge in [0.05, 0.1) is 11.6 Å². The molecule has 8 nitrogen and oxygen atoms in total. The van der Waals surface area contributed by atoms with Crippen LogP contribution in [0.5, 0.6) is 0 Å². The second-order valence-corrected chi connectivity index (χ2v) is 10.1. The summed E-state index contributed by atoms with van der Waals surface area (Å²) < 4.78 is 0. The summed E-state index contributed by atoms with van der Waals surface area (Å²) in [5.74, 6) is 4.21. The fourth-order valence-electron chi connectivity index (χ4n) is 6.12. The first kappa shape index (κ1) is 20.4. The number of nitrogens with one attached hydrogen (secondary N) is 4. The van der Waals surface area contributed by atoms with Gasteiger partial charge in [-0.3, -0.25) is 10.1 Å². The van der Waals surface area contributed by atoms with Crippen molar-refractivity contribution in [2.75, 3.05) is 10.6 Å². The van der Waals surface area contributed by atoms with Crippen molar-refractivity contribution in [2.24, 2.45) is 17.8 Å². The second kappa shape index (κ2) is 8.31. The molecular formula is C25H30N8. The Bertz CT molecular complexity index is 1180. The highest BCUT2D eigenvalue weighted by Crippen LogP contribution is 2.45. The van der Waals surface area contributed by atoms with E-state index in [1.807, 2.05) is 31.3 Å². The highest BCUT2D eigenvalue weighted by atomic mass is 15.2. The van der Waals surface area contributed by atoms with E-state index < -0.39 is 0 Å². The smallest absolute Gasteiger partial charge is 0.153 e. The maximum Gasteiger partial charge on any atom is 0.153 e. The molecule has 170 valence electrons. The third-order valence-electron chi connectivity index (χ3n) is 7.71. The molecule has 5 heterocycles. The topological polar surface area (TPSA) is 114 Å². The molecule has 8 heteroatoms. The molecule has 0 radical (unpaired) electrons. The number of anilines is 3. The van der Waals surface area contributed by atoms with Gasteiger partial charge >= 0.3 is 0 Å². The number of hydrogen-bond donors (Lipinski definition) is 4. The molecule has 33 heavy (non-hydrogen) atoms. The number of hydrogen-bond acceptors (Lipinski definition) is 7. The van der Waals surface area contributed by atoms with Crippen LogP contribution < -0.4 is 16.0 Å². The predicted molar refractivity (Wildman–Crippen MR) is 128 cm³/mol. The molecule has 2 unspecified atom stereocenters. The van der Waals surface area contributed by atoms with Gasteiger partial charge in [0.2, 0.25) is 0 Å². The number of aromatic nitrogens is 4. The highest BCUT2D eigenvalue weighted by molar-refractivity contribution is 5.91. The van der Waals surface area contributed by atoms with Gasteiger partial charge in [0.25, 0.3) is 0 Å². The van der Waals surface area contributed by atoms with Crippen molar-refractivity contribution in [3.8, 4) is 6.07 Å². The Morgan fingerprint density at radius 1 is 1.03 bits per heavy atom. The van der Waals surface area contributed by atoms with Crippen LogP contribution in [0.25, 0.3) is 10.9 Å². The molecule has 3 fully saturated rings. The number of nitriles is 1. The van der Waals surface area contributed by atoms with Crippen molar-refractivity contribution in [3.63, 3.8) is 0 Å². The van der Waals surface area contributed by atoms with E-state index in [1.54, 1.807) is 0 Å². The predicted octanol–water partition coefficient (Wildman–Crippen LogP) is 4.27. The Labute approximate surface area is 193 Å². The lowest BCUT2D eigenvalue weighted by atomic mass is 9.63. The molecule has 1 saturated carbocycles. The van der Waals surface area contributed by atoms with E-state index in [0.717, 1.165) is 71.6 Å². The first-order chi connectivity index (χ1) is 16.1. The van der Waals surface area contributed by atoms with Crippen LogP contribution in [0.4, 0.5) is 17.5 Å². The molecule has 3 aromatic rings. The summed E-state index contributed by atoms with van der Waals surface area (Å²) >= 11 is 0. The lowest BCUT2D eigenvalue weighted by Crippen LogP contribution is -2.55. The average Bonchev–Trinajstić information content (AvgIpc) is 3.17. The largest absolute Gasteiger partial charge is 0.367 e. The van der Waals surface area contributed by atoms with Crippen molar-refractivity contribution < 1.29 is 0 Å². The molecule has 0 amide bonds. The molecule has 4 atom stereocenters. The van der Waals surface area contributed by atoms with Gasteiger partial charge in [0.1, 0.15) is 11.6 Å². The zero-order valence-electron chi connectivity index (χ0n) is 18.9. The maximum atomic E-state index is 9.13. The number of rotatable bonds is 5. The van der Waals surface area contributed by atoms with Crippen LogP contribution in [0.2, 0.25) is 0 Å². The first-order valence-electron chi connectivity index (χ1n) is 12.1. The van der Waals surface area contributed by atoms with Gasteiger partial charge in [-0.1, -0.05) is 0 Å². The Morgan fingerprint density at radius 2 is 1.82 bits per heavy atom. The monoisotopic (exact) mass is 442 g/mol. The fourth-order valence-corrected chi connectivity index (χ4v) is 6.12. The Hall–Kier alpha value is -3.18. The third-order valence-corrected chi connectivity index (χ3v) is 7.71. The number of piperidine rings is 2. The number of aromatic amines is 1. The van der Waals surface area contributed by atoms with E-state index in [4.69, 9.17) is 10.2 Å². The molecule has 1 aliphatic carbocycles. The standard InChI is InChI=1S/C25H30N8/c1-14-5-24(33-32-14)30-23-12-22-21(3-2-4-27-22)25(31-23)29-20-10-18-8-17(9-19(11-20)28-18)16-6-15(7-16)13-26/h2-5,12,15-20,28H,6-11H2,1H3,(H3,29,30,31,32,33)/t15?,16?,17?,18-,19+,20?. The van der Waals surface area contributed by atoms with E-state index >= 15 is 0 Å². The van der Waals surface area contributed by atoms with E-state index in [1.165, 1.54) is 12.8 Å². The van der Waals surface area contributed by atoms with Gasteiger partial charge in [0, 0.05) is 53.5 Å². The summed E-state index contributed by atoms with van der Waals surface area (Å²) in [6.07, 6.45) is 8.70. The summed E-state index contributed by atoms with van der Waals surface area (Å²) in [6.45, 7) is 1.98. The lowest BCUT2D eigenvalue weighted by molar-refractivity contribution is 0.0770. The van der Waals surface area contributed by atoms with Crippen molar-refractivity contribution in [3.05, 3.63) is 36.2 Å². The van der Waals surface area contributed by atoms with Crippen molar-refractivity contribution in [2.45, 2.75) is 63.6 Å². The van der Waals surface area contributed by atoms with Crippen LogP contribution in [-0.2, 0) is 0 Å². The first-order valence-corrected chi connectivity index (χ1v) is 12.1. The zero-order chi connectivity index (χ0) is 22.4. The number of pyridine rings is 2. The minimum atomic E-state index is 0.304. The minimum absolute atomic E-state index is 0.304. The summed E-state index contributed by atoms with van der Waals surface area (Å²) in [6, 6.07) is 11.9. The van der Waals surface area contributed by atoms with Gasteiger partial charge in [-0.15, -0.1) is 0 Å². The molecule has 0 spiro atoms. The van der Waals surface area contributed by atoms with E-state index in [2.05, 4.69) is 43.3 Å². The van der Waals surface area contributed by atoms with E-state index in [-0.39, 0.29) is 0 Å². The zero-order valence-corrected chi connectivity index (χ0v) is 18.9. The molecule has 3 aromatic heterocycles. The Kier molecular flexibility index (Phi) is 5.14. The van der Waals surface area contributed by atoms with Crippen molar-refractivity contribution in [1.29, 1.82) is 5.26 Å². The number of fused-ring (bicyclic) bond motifs is 3. The molecule has 0 aromatic carbocycles. The van der Waals surface area contributed by atoms with E-state index in [9.17, 15) is 0 Å². The molecule has 2 bridgehead atoms. The van der Waals surface area contributed by atoms with Crippen molar-refractivity contribution in [1.82, 2.24) is 25.5 Å². The minimum Gasteiger partial charge on any atom is -0.367 e. The number of nitrogens with zero attached hydrogens (tertiary/aromatic N) is 4. The SMILES string of the molecule is Cc1cc(Nc2cc3ncccc3c(NC3C[C@@H]4CC(C5CC(C#N)C5)C[C@H](C3)N4)n2)n[nH]1. The normalized spacial score (nSPS) is 30.9.